The molecule has 0 aromatic rings. The van der Waals surface area contributed by atoms with Gasteiger partial charge in [0, 0.05) is 0 Å². The van der Waals surface area contributed by atoms with Crippen molar-refractivity contribution in [3.8, 4) is 0 Å². The highest BCUT2D eigenvalue weighted by molar-refractivity contribution is 7.89. The third-order valence-corrected chi connectivity index (χ3v) is 3.35. The summed E-state index contributed by atoms with van der Waals surface area (Å²) in [5.74, 6) is -1.38. The molecule has 0 radical (unpaired) electrons. The fraction of sp³-hybridized carbons (Fsp3) is 0.900. The molecular weight excluding hydrogens is 246 g/mol. The Balaban J connectivity index is 4.26. The van der Waals surface area contributed by atoms with E-state index in [1.165, 1.54) is 0 Å². The average Bonchev–Trinajstić information content (AvgIpc) is 2.15. The van der Waals surface area contributed by atoms with Gasteiger partial charge in [-0.15, -0.1) is 0 Å². The molecule has 0 aromatic carbocycles. The fourth-order valence-electron chi connectivity index (χ4n) is 1.19. The molecule has 0 aromatic heterocycles. The molecule has 0 unspecified atom stereocenters. The Morgan fingerprint density at radius 1 is 1.41 bits per heavy atom. The summed E-state index contributed by atoms with van der Waals surface area (Å²) in [5.41, 5.74) is 0. The van der Waals surface area contributed by atoms with Crippen LogP contribution in [0.1, 0.15) is 33.6 Å². The number of aliphatic carboxylic acids is 1. The van der Waals surface area contributed by atoms with Crippen LogP contribution in [0.3, 0.4) is 0 Å². The molecule has 6 nitrogen and oxygen atoms in total. The van der Waals surface area contributed by atoms with Crippen molar-refractivity contribution in [1.82, 2.24) is 4.72 Å². The molecule has 0 bridgehead atoms. The van der Waals surface area contributed by atoms with Gasteiger partial charge in [-0.05, 0) is 20.3 Å². The van der Waals surface area contributed by atoms with E-state index in [0.29, 0.717) is 6.42 Å². The van der Waals surface area contributed by atoms with Gasteiger partial charge in [0.05, 0.1) is 18.5 Å². The maximum absolute atomic E-state index is 11.5. The van der Waals surface area contributed by atoms with Crippen LogP contribution in [0.5, 0.6) is 0 Å². The number of hydrogen-bond acceptors (Lipinski definition) is 4. The Morgan fingerprint density at radius 2 is 2.00 bits per heavy atom. The average molecular weight is 267 g/mol. The van der Waals surface area contributed by atoms with E-state index >= 15 is 0 Å². The number of carboxylic acid groups (broad SMARTS) is 1. The SMILES string of the molecule is CCC[C@@H](NS(=O)(=O)CCOC(C)C)C(=O)O. The number of carbonyl (C=O) groups is 1. The molecule has 0 amide bonds. The van der Waals surface area contributed by atoms with Crippen LogP contribution in [0.25, 0.3) is 0 Å². The van der Waals surface area contributed by atoms with Gasteiger partial charge in [-0.25, -0.2) is 13.1 Å². The summed E-state index contributed by atoms with van der Waals surface area (Å²) in [6, 6.07) is -1.05. The molecule has 0 saturated carbocycles. The normalized spacial score (nSPS) is 13.9. The minimum absolute atomic E-state index is 0.0453. The summed E-state index contributed by atoms with van der Waals surface area (Å²) >= 11 is 0. The Labute approximate surface area is 102 Å². The number of hydrogen-bond donors (Lipinski definition) is 2. The first kappa shape index (κ1) is 16.3. The summed E-state index contributed by atoms with van der Waals surface area (Å²) in [4.78, 5) is 10.8. The molecule has 0 heterocycles. The van der Waals surface area contributed by atoms with Gasteiger partial charge >= 0.3 is 5.97 Å². The Bertz CT molecular complexity index is 326. The highest BCUT2D eigenvalue weighted by atomic mass is 32.2. The monoisotopic (exact) mass is 267 g/mol. The van der Waals surface area contributed by atoms with E-state index < -0.39 is 22.0 Å². The summed E-state index contributed by atoms with van der Waals surface area (Å²) in [5, 5.41) is 8.82. The number of carboxylic acids is 1. The minimum Gasteiger partial charge on any atom is -0.480 e. The standard InChI is InChI=1S/C10H21NO5S/c1-4-5-9(10(12)13)11-17(14,15)7-6-16-8(2)3/h8-9,11H,4-7H2,1-3H3,(H,12,13)/t9-/m1/s1. The first-order valence-electron chi connectivity index (χ1n) is 5.63. The molecule has 1 atom stereocenters. The van der Waals surface area contributed by atoms with Crippen LogP contribution in [0.2, 0.25) is 0 Å². The van der Waals surface area contributed by atoms with Crippen LogP contribution in [0.4, 0.5) is 0 Å². The first-order chi connectivity index (χ1) is 7.78. The summed E-state index contributed by atoms with van der Waals surface area (Å²) in [6.07, 6.45) is 0.831. The first-order valence-corrected chi connectivity index (χ1v) is 7.28. The van der Waals surface area contributed by atoms with E-state index in [0.717, 1.165) is 0 Å². The third kappa shape index (κ3) is 8.12. The van der Waals surface area contributed by atoms with Crippen molar-refractivity contribution in [2.24, 2.45) is 0 Å². The van der Waals surface area contributed by atoms with Gasteiger partial charge in [-0.1, -0.05) is 13.3 Å². The van der Waals surface area contributed by atoms with Crippen molar-refractivity contribution in [3.05, 3.63) is 0 Å². The smallest absolute Gasteiger partial charge is 0.321 e. The minimum atomic E-state index is -3.60. The van der Waals surface area contributed by atoms with Crippen LogP contribution in [0, 0.1) is 0 Å². The van der Waals surface area contributed by atoms with Crippen LogP contribution in [0.15, 0.2) is 0 Å². The quantitative estimate of drug-likeness (QED) is 0.637. The summed E-state index contributed by atoms with van der Waals surface area (Å²) in [7, 11) is -3.60. The van der Waals surface area contributed by atoms with Gasteiger partial charge in [0.1, 0.15) is 6.04 Å². The Kier molecular flexibility index (Phi) is 7.33. The second-order valence-corrected chi connectivity index (χ2v) is 5.91. The number of ether oxygens (including phenoxy) is 1. The van der Waals surface area contributed by atoms with Gasteiger partial charge in [-0.3, -0.25) is 4.79 Å². The summed E-state index contributed by atoms with van der Waals surface area (Å²) in [6.45, 7) is 5.46. The third-order valence-electron chi connectivity index (χ3n) is 2.00. The molecule has 2 N–H and O–H groups in total. The summed E-state index contributed by atoms with van der Waals surface area (Å²) < 4.78 is 30.4. The molecule has 102 valence electrons. The zero-order valence-electron chi connectivity index (χ0n) is 10.5. The Hall–Kier alpha value is -0.660. The molecular formula is C10H21NO5S. The lowest BCUT2D eigenvalue weighted by molar-refractivity contribution is -0.139. The molecule has 17 heavy (non-hydrogen) atoms. The van der Waals surface area contributed by atoms with Gasteiger partial charge in [0.25, 0.3) is 0 Å². The van der Waals surface area contributed by atoms with Crippen molar-refractivity contribution in [1.29, 1.82) is 0 Å². The lowest BCUT2D eigenvalue weighted by atomic mass is 10.2. The molecule has 0 aliphatic carbocycles. The largest absolute Gasteiger partial charge is 0.480 e. The van der Waals surface area contributed by atoms with Crippen molar-refractivity contribution in [3.63, 3.8) is 0 Å². The van der Waals surface area contributed by atoms with Crippen LogP contribution >= 0.6 is 0 Å². The van der Waals surface area contributed by atoms with E-state index in [2.05, 4.69) is 4.72 Å². The number of sulfonamides is 1. The zero-order chi connectivity index (χ0) is 13.5. The van der Waals surface area contributed by atoms with Gasteiger partial charge in [0.2, 0.25) is 10.0 Å². The zero-order valence-corrected chi connectivity index (χ0v) is 11.3. The molecule has 0 aliphatic heterocycles. The second kappa shape index (κ2) is 7.62. The molecule has 0 spiro atoms. The highest BCUT2D eigenvalue weighted by Gasteiger charge is 2.22. The molecule has 7 heteroatoms. The topological polar surface area (TPSA) is 92.7 Å². The van der Waals surface area contributed by atoms with Crippen molar-refractivity contribution < 1.29 is 23.1 Å². The molecule has 0 fully saturated rings. The lowest BCUT2D eigenvalue weighted by Crippen LogP contribution is -2.42. The molecule has 0 saturated heterocycles. The number of nitrogens with one attached hydrogen (secondary N) is 1. The van der Waals surface area contributed by atoms with E-state index in [4.69, 9.17) is 9.84 Å². The maximum Gasteiger partial charge on any atom is 0.321 e. The van der Waals surface area contributed by atoms with Crippen molar-refractivity contribution >= 4 is 16.0 Å². The van der Waals surface area contributed by atoms with Crippen LogP contribution in [-0.4, -0.2) is 44.0 Å². The van der Waals surface area contributed by atoms with E-state index in [-0.39, 0.29) is 24.9 Å². The highest BCUT2D eigenvalue weighted by Crippen LogP contribution is 2.00. The van der Waals surface area contributed by atoms with Gasteiger partial charge in [-0.2, -0.15) is 0 Å². The second-order valence-electron chi connectivity index (χ2n) is 4.04. The lowest BCUT2D eigenvalue weighted by Gasteiger charge is -2.14. The van der Waals surface area contributed by atoms with Crippen molar-refractivity contribution in [2.45, 2.75) is 45.8 Å². The Morgan fingerprint density at radius 3 is 2.41 bits per heavy atom. The van der Waals surface area contributed by atoms with Crippen LogP contribution in [-0.2, 0) is 19.6 Å². The van der Waals surface area contributed by atoms with E-state index in [1.807, 2.05) is 0 Å². The van der Waals surface area contributed by atoms with Crippen molar-refractivity contribution in [2.75, 3.05) is 12.4 Å². The van der Waals surface area contributed by atoms with Gasteiger partial charge < -0.3 is 9.84 Å². The van der Waals surface area contributed by atoms with E-state index in [9.17, 15) is 13.2 Å². The maximum atomic E-state index is 11.5. The van der Waals surface area contributed by atoms with E-state index in [1.54, 1.807) is 20.8 Å². The molecule has 0 aliphatic rings. The predicted molar refractivity (Wildman–Crippen MR) is 64.3 cm³/mol. The predicted octanol–water partition coefficient (Wildman–Crippen LogP) is 0.584. The fourth-order valence-corrected chi connectivity index (χ4v) is 2.28. The molecule has 0 rings (SSSR count). The van der Waals surface area contributed by atoms with Crippen LogP contribution < -0.4 is 4.72 Å². The van der Waals surface area contributed by atoms with Gasteiger partial charge in [0.15, 0.2) is 0 Å². The number of rotatable bonds is 9.